The van der Waals surface area contributed by atoms with E-state index < -0.39 is 0 Å². The first-order chi connectivity index (χ1) is 11.1. The molecule has 0 spiro atoms. The molecule has 0 radical (unpaired) electrons. The van der Waals surface area contributed by atoms with Crippen LogP contribution in [0.25, 0.3) is 11.5 Å². The van der Waals surface area contributed by atoms with Crippen LogP contribution in [0.4, 0.5) is 5.13 Å². The normalized spacial score (nSPS) is 10.7. The molecule has 2 aromatic heterocycles. The minimum absolute atomic E-state index is 0.161. The molecule has 0 atom stereocenters. The molecule has 0 aliphatic carbocycles. The van der Waals surface area contributed by atoms with Crippen LogP contribution >= 0.6 is 23.1 Å². The summed E-state index contributed by atoms with van der Waals surface area (Å²) in [7, 11) is 0. The standard InChI is InChI=1S/C14H13N5O2S2/c1-8-5-3-4-6-10(8)12-17-19-14(21-12)22-7-11(20)15-13-18-16-9(2)23-13/h3-6H,7H2,1-2H3,(H,15,18,20). The Balaban J connectivity index is 1.59. The Kier molecular flexibility index (Phi) is 4.68. The highest BCUT2D eigenvalue weighted by atomic mass is 32.2. The molecule has 0 saturated heterocycles. The van der Waals surface area contributed by atoms with E-state index in [0.29, 0.717) is 16.2 Å². The number of amides is 1. The Morgan fingerprint density at radius 3 is 2.78 bits per heavy atom. The summed E-state index contributed by atoms with van der Waals surface area (Å²) in [6.07, 6.45) is 0. The molecule has 3 aromatic rings. The third-order valence-electron chi connectivity index (χ3n) is 2.88. The number of nitrogens with one attached hydrogen (secondary N) is 1. The number of carbonyl (C=O) groups excluding carboxylic acids is 1. The maximum atomic E-state index is 11.8. The van der Waals surface area contributed by atoms with E-state index in [0.717, 1.165) is 16.1 Å². The molecule has 1 amide bonds. The minimum atomic E-state index is -0.193. The van der Waals surface area contributed by atoms with Gasteiger partial charge in [-0.05, 0) is 25.5 Å². The van der Waals surface area contributed by atoms with Crippen molar-refractivity contribution in [3.05, 3.63) is 34.8 Å². The van der Waals surface area contributed by atoms with Gasteiger partial charge in [-0.1, -0.05) is 41.3 Å². The van der Waals surface area contributed by atoms with Gasteiger partial charge in [-0.2, -0.15) is 0 Å². The van der Waals surface area contributed by atoms with Crippen LogP contribution in [0, 0.1) is 13.8 Å². The van der Waals surface area contributed by atoms with Crippen molar-refractivity contribution >= 4 is 34.1 Å². The Labute approximate surface area is 140 Å². The van der Waals surface area contributed by atoms with Crippen molar-refractivity contribution in [1.29, 1.82) is 0 Å². The van der Waals surface area contributed by atoms with Crippen molar-refractivity contribution in [1.82, 2.24) is 20.4 Å². The van der Waals surface area contributed by atoms with Gasteiger partial charge in [-0.15, -0.1) is 20.4 Å². The third kappa shape index (κ3) is 3.93. The van der Waals surface area contributed by atoms with Crippen molar-refractivity contribution in [3.63, 3.8) is 0 Å². The second-order valence-corrected chi connectivity index (χ2v) is 6.76. The zero-order chi connectivity index (χ0) is 16.2. The van der Waals surface area contributed by atoms with Gasteiger partial charge in [-0.3, -0.25) is 10.1 Å². The predicted octanol–water partition coefficient (Wildman–Crippen LogP) is 2.94. The number of carbonyl (C=O) groups is 1. The van der Waals surface area contributed by atoms with Crippen LogP contribution in [-0.2, 0) is 4.79 Å². The summed E-state index contributed by atoms with van der Waals surface area (Å²) in [5.41, 5.74) is 1.94. The highest BCUT2D eigenvalue weighted by molar-refractivity contribution is 7.99. The molecule has 0 unspecified atom stereocenters. The van der Waals surface area contributed by atoms with Gasteiger partial charge in [-0.25, -0.2) is 0 Å². The molecule has 0 saturated carbocycles. The molecule has 118 valence electrons. The largest absolute Gasteiger partial charge is 0.411 e. The smallest absolute Gasteiger partial charge is 0.277 e. The molecule has 1 N–H and O–H groups in total. The summed E-state index contributed by atoms with van der Waals surface area (Å²) in [4.78, 5) is 11.8. The molecule has 0 aliphatic heterocycles. The SMILES string of the molecule is Cc1nnc(NC(=O)CSc2nnc(-c3ccccc3C)o2)s1. The average molecular weight is 347 g/mol. The molecule has 2 heterocycles. The zero-order valence-electron chi connectivity index (χ0n) is 12.4. The van der Waals surface area contributed by atoms with Gasteiger partial charge in [0.25, 0.3) is 5.22 Å². The van der Waals surface area contributed by atoms with E-state index in [9.17, 15) is 4.79 Å². The molecule has 9 heteroatoms. The fraction of sp³-hybridized carbons (Fsp3) is 0.214. The Morgan fingerprint density at radius 1 is 1.22 bits per heavy atom. The van der Waals surface area contributed by atoms with Crippen molar-refractivity contribution in [2.24, 2.45) is 0 Å². The first kappa shape index (κ1) is 15.6. The second-order valence-electron chi connectivity index (χ2n) is 4.65. The maximum Gasteiger partial charge on any atom is 0.277 e. The summed E-state index contributed by atoms with van der Waals surface area (Å²) in [6, 6.07) is 7.76. The molecule has 1 aromatic carbocycles. The number of benzene rings is 1. The van der Waals surface area contributed by atoms with E-state index in [-0.39, 0.29) is 11.7 Å². The lowest BCUT2D eigenvalue weighted by molar-refractivity contribution is -0.113. The van der Waals surface area contributed by atoms with Crippen LogP contribution in [0.1, 0.15) is 10.6 Å². The zero-order valence-corrected chi connectivity index (χ0v) is 14.1. The van der Waals surface area contributed by atoms with Crippen molar-refractivity contribution in [2.75, 3.05) is 11.1 Å². The van der Waals surface area contributed by atoms with E-state index in [1.165, 1.54) is 23.1 Å². The highest BCUT2D eigenvalue weighted by Crippen LogP contribution is 2.25. The highest BCUT2D eigenvalue weighted by Gasteiger charge is 2.13. The lowest BCUT2D eigenvalue weighted by Gasteiger charge is -1.99. The summed E-state index contributed by atoms with van der Waals surface area (Å²) in [5, 5.41) is 20.0. The van der Waals surface area contributed by atoms with Gasteiger partial charge in [0.15, 0.2) is 0 Å². The Morgan fingerprint density at radius 2 is 2.04 bits per heavy atom. The van der Waals surface area contributed by atoms with E-state index in [1.807, 2.05) is 38.1 Å². The lowest BCUT2D eigenvalue weighted by atomic mass is 10.1. The van der Waals surface area contributed by atoms with E-state index in [4.69, 9.17) is 4.42 Å². The fourth-order valence-electron chi connectivity index (χ4n) is 1.82. The molecule has 0 aliphatic rings. The van der Waals surface area contributed by atoms with E-state index >= 15 is 0 Å². The van der Waals surface area contributed by atoms with Crippen LogP contribution < -0.4 is 5.32 Å². The first-order valence-electron chi connectivity index (χ1n) is 6.74. The Hall–Kier alpha value is -2.26. The monoisotopic (exact) mass is 347 g/mol. The summed E-state index contributed by atoms with van der Waals surface area (Å²) in [6.45, 7) is 3.80. The molecule has 7 nitrogen and oxygen atoms in total. The van der Waals surface area contributed by atoms with Crippen LogP contribution in [-0.4, -0.2) is 32.1 Å². The van der Waals surface area contributed by atoms with Crippen LogP contribution in [0.3, 0.4) is 0 Å². The predicted molar refractivity (Wildman–Crippen MR) is 88.5 cm³/mol. The number of rotatable bonds is 5. The van der Waals surface area contributed by atoms with E-state index in [2.05, 4.69) is 25.7 Å². The topological polar surface area (TPSA) is 93.8 Å². The molecular formula is C14H13N5O2S2. The summed E-state index contributed by atoms with van der Waals surface area (Å²) in [5.74, 6) is 0.418. The number of hydrogen-bond acceptors (Lipinski definition) is 8. The number of aryl methyl sites for hydroxylation is 2. The minimum Gasteiger partial charge on any atom is -0.411 e. The first-order valence-corrected chi connectivity index (χ1v) is 8.54. The van der Waals surface area contributed by atoms with Gasteiger partial charge < -0.3 is 4.42 Å². The van der Waals surface area contributed by atoms with Crippen LogP contribution in [0.5, 0.6) is 0 Å². The molecule has 23 heavy (non-hydrogen) atoms. The Bertz CT molecular complexity index is 830. The number of aromatic nitrogens is 4. The number of nitrogens with zero attached hydrogens (tertiary/aromatic N) is 4. The third-order valence-corrected chi connectivity index (χ3v) is 4.45. The van der Waals surface area contributed by atoms with Gasteiger partial charge >= 0.3 is 0 Å². The molecule has 3 rings (SSSR count). The summed E-state index contributed by atoms with van der Waals surface area (Å²) < 4.78 is 5.59. The number of anilines is 1. The lowest BCUT2D eigenvalue weighted by Crippen LogP contribution is -2.13. The fourth-order valence-corrected chi connectivity index (χ4v) is 2.99. The van der Waals surface area contributed by atoms with Crippen molar-refractivity contribution in [2.45, 2.75) is 19.1 Å². The van der Waals surface area contributed by atoms with Gasteiger partial charge in [0.1, 0.15) is 5.01 Å². The van der Waals surface area contributed by atoms with Gasteiger partial charge in [0, 0.05) is 5.56 Å². The molecular weight excluding hydrogens is 334 g/mol. The second kappa shape index (κ2) is 6.88. The number of hydrogen-bond donors (Lipinski definition) is 1. The maximum absolute atomic E-state index is 11.8. The average Bonchev–Trinajstić information content (AvgIpc) is 3.15. The number of thioether (sulfide) groups is 1. The van der Waals surface area contributed by atoms with Crippen molar-refractivity contribution < 1.29 is 9.21 Å². The summed E-state index contributed by atoms with van der Waals surface area (Å²) >= 11 is 2.51. The quantitative estimate of drug-likeness (QED) is 0.709. The molecule has 0 bridgehead atoms. The molecule has 0 fully saturated rings. The van der Waals surface area contributed by atoms with Crippen LogP contribution in [0.15, 0.2) is 33.9 Å². The van der Waals surface area contributed by atoms with Gasteiger partial charge in [0.05, 0.1) is 5.75 Å². The van der Waals surface area contributed by atoms with Crippen molar-refractivity contribution in [3.8, 4) is 11.5 Å². The van der Waals surface area contributed by atoms with E-state index in [1.54, 1.807) is 0 Å². The van der Waals surface area contributed by atoms with Gasteiger partial charge in [0.2, 0.25) is 16.9 Å². The van der Waals surface area contributed by atoms with Crippen LogP contribution in [0.2, 0.25) is 0 Å².